The Kier molecular flexibility index (Phi) is 6.58. The predicted molar refractivity (Wildman–Crippen MR) is 107 cm³/mol. The highest BCUT2D eigenvalue weighted by Crippen LogP contribution is 2.25. The Morgan fingerprint density at radius 3 is 3.03 bits per heavy atom. The van der Waals surface area contributed by atoms with Crippen molar-refractivity contribution in [3.63, 3.8) is 0 Å². The fraction of sp³-hybridized carbons (Fsp3) is 0.176. The van der Waals surface area contributed by atoms with E-state index in [4.69, 9.17) is 15.0 Å². The zero-order valence-corrected chi connectivity index (χ0v) is 16.2. The van der Waals surface area contributed by atoms with Crippen molar-refractivity contribution in [1.29, 1.82) is 0 Å². The first kappa shape index (κ1) is 20.1. The van der Waals surface area contributed by atoms with Crippen LogP contribution in [0.2, 0.25) is 0 Å². The van der Waals surface area contributed by atoms with E-state index < -0.39 is 0 Å². The Morgan fingerprint density at radius 2 is 2.31 bits per heavy atom. The van der Waals surface area contributed by atoms with Gasteiger partial charge in [-0.2, -0.15) is 5.10 Å². The van der Waals surface area contributed by atoms with Gasteiger partial charge in [0.1, 0.15) is 5.76 Å². The highest BCUT2D eigenvalue weighted by Gasteiger charge is 2.12. The van der Waals surface area contributed by atoms with Crippen LogP contribution in [-0.4, -0.2) is 45.0 Å². The van der Waals surface area contributed by atoms with Crippen LogP contribution in [0.3, 0.4) is 0 Å². The molecule has 152 valence electrons. The molecule has 0 radical (unpaired) electrons. The normalized spacial score (nSPS) is 10.9. The summed E-state index contributed by atoms with van der Waals surface area (Å²) in [5.74, 6) is 7.06. The average molecular weight is 417 g/mol. The third-order valence-corrected chi connectivity index (χ3v) is 4.56. The summed E-state index contributed by atoms with van der Waals surface area (Å²) in [5, 5.41) is 24.6. The molecule has 2 aromatic heterocycles. The number of rotatable bonds is 9. The number of nitrogens with zero attached hydrogens (tertiary/aromatic N) is 4. The van der Waals surface area contributed by atoms with E-state index in [1.165, 1.54) is 24.1 Å². The van der Waals surface area contributed by atoms with E-state index in [1.807, 2.05) is 0 Å². The number of carbonyl (C=O) groups is 1. The summed E-state index contributed by atoms with van der Waals surface area (Å²) < 4.78 is 11.3. The summed E-state index contributed by atoms with van der Waals surface area (Å²) in [7, 11) is 1.47. The van der Waals surface area contributed by atoms with Crippen LogP contribution in [0.15, 0.2) is 51.3 Å². The second-order valence-corrected chi connectivity index (χ2v) is 6.56. The SMILES string of the molecule is COc1ccc(/C=N/Nc2nnc(SCC(=O)NCc3ccco3)n2N)cc1O. The molecule has 5 N–H and O–H groups in total. The van der Waals surface area contributed by atoms with Gasteiger partial charge in [0.2, 0.25) is 11.1 Å². The number of thioether (sulfide) groups is 1. The Morgan fingerprint density at radius 1 is 1.45 bits per heavy atom. The van der Waals surface area contributed by atoms with Crippen LogP contribution in [-0.2, 0) is 11.3 Å². The third-order valence-electron chi connectivity index (χ3n) is 3.62. The molecule has 0 aliphatic rings. The molecule has 0 aliphatic heterocycles. The number of ether oxygens (including phenoxy) is 1. The number of benzene rings is 1. The van der Waals surface area contributed by atoms with E-state index in [0.717, 1.165) is 11.8 Å². The summed E-state index contributed by atoms with van der Waals surface area (Å²) in [6, 6.07) is 8.37. The molecule has 1 aromatic carbocycles. The summed E-state index contributed by atoms with van der Waals surface area (Å²) in [6.45, 7) is 0.310. The predicted octanol–water partition coefficient (Wildman–Crippen LogP) is 1.15. The topological polar surface area (TPSA) is 153 Å². The van der Waals surface area contributed by atoms with Crippen molar-refractivity contribution in [2.24, 2.45) is 5.10 Å². The van der Waals surface area contributed by atoms with Gasteiger partial charge in [-0.25, -0.2) is 10.1 Å². The molecule has 0 bridgehead atoms. The van der Waals surface area contributed by atoms with Crippen LogP contribution in [0.25, 0.3) is 0 Å². The van der Waals surface area contributed by atoms with Crippen molar-refractivity contribution < 1.29 is 19.1 Å². The maximum Gasteiger partial charge on any atom is 0.264 e. The molecular formula is C17H19N7O4S. The van der Waals surface area contributed by atoms with E-state index in [2.05, 4.69) is 26.0 Å². The molecule has 3 rings (SSSR count). The number of aromatic nitrogens is 3. The van der Waals surface area contributed by atoms with Gasteiger partial charge in [-0.1, -0.05) is 11.8 Å². The molecule has 12 heteroatoms. The highest BCUT2D eigenvalue weighted by atomic mass is 32.2. The minimum absolute atomic E-state index is 0.00227. The Hall–Kier alpha value is -3.67. The van der Waals surface area contributed by atoms with Gasteiger partial charge in [0, 0.05) is 0 Å². The summed E-state index contributed by atoms with van der Waals surface area (Å²) in [5.41, 5.74) is 3.30. The van der Waals surface area contributed by atoms with Crippen molar-refractivity contribution in [2.45, 2.75) is 11.7 Å². The first-order chi connectivity index (χ1) is 14.1. The lowest BCUT2D eigenvalue weighted by Gasteiger charge is -2.04. The van der Waals surface area contributed by atoms with Crippen LogP contribution in [0.5, 0.6) is 11.5 Å². The smallest absolute Gasteiger partial charge is 0.264 e. The fourth-order valence-electron chi connectivity index (χ4n) is 2.18. The van der Waals surface area contributed by atoms with Gasteiger partial charge in [0.05, 0.1) is 31.9 Å². The zero-order valence-electron chi connectivity index (χ0n) is 15.4. The number of methoxy groups -OCH3 is 1. The molecule has 0 atom stereocenters. The second kappa shape index (κ2) is 9.50. The van der Waals surface area contributed by atoms with Gasteiger partial charge < -0.3 is 25.4 Å². The van der Waals surface area contributed by atoms with Crippen LogP contribution in [0, 0.1) is 0 Å². The molecule has 0 unspecified atom stereocenters. The molecule has 1 amide bonds. The number of hydrogen-bond acceptors (Lipinski definition) is 10. The number of furan rings is 1. The first-order valence-corrected chi connectivity index (χ1v) is 9.34. The van der Waals surface area contributed by atoms with E-state index in [0.29, 0.717) is 28.8 Å². The Balaban J connectivity index is 1.49. The Bertz CT molecular complexity index is 988. The lowest BCUT2D eigenvalue weighted by molar-refractivity contribution is -0.118. The number of anilines is 1. The van der Waals surface area contributed by atoms with Crippen molar-refractivity contribution >= 4 is 29.8 Å². The lowest BCUT2D eigenvalue weighted by Crippen LogP contribution is -2.24. The number of hydrogen-bond donors (Lipinski definition) is 4. The third kappa shape index (κ3) is 5.42. The van der Waals surface area contributed by atoms with Gasteiger partial charge in [-0.15, -0.1) is 10.2 Å². The van der Waals surface area contributed by atoms with Crippen molar-refractivity contribution in [2.75, 3.05) is 24.1 Å². The van der Waals surface area contributed by atoms with Crippen molar-refractivity contribution in [3.8, 4) is 11.5 Å². The highest BCUT2D eigenvalue weighted by molar-refractivity contribution is 7.99. The largest absolute Gasteiger partial charge is 0.504 e. The minimum atomic E-state index is -0.193. The van der Waals surface area contributed by atoms with E-state index in [1.54, 1.807) is 30.5 Å². The fourth-order valence-corrected chi connectivity index (χ4v) is 2.87. The minimum Gasteiger partial charge on any atom is -0.504 e. The van der Waals surface area contributed by atoms with Crippen molar-refractivity contribution in [3.05, 3.63) is 47.9 Å². The molecule has 0 fully saturated rings. The van der Waals surface area contributed by atoms with Crippen LogP contribution < -0.4 is 21.3 Å². The second-order valence-electron chi connectivity index (χ2n) is 5.62. The van der Waals surface area contributed by atoms with Gasteiger partial charge in [0.15, 0.2) is 11.5 Å². The number of nitrogen functional groups attached to an aromatic ring is 1. The number of amides is 1. The number of hydrazone groups is 1. The maximum atomic E-state index is 11.9. The summed E-state index contributed by atoms with van der Waals surface area (Å²) in [6.07, 6.45) is 3.02. The molecule has 0 saturated carbocycles. The number of aromatic hydroxyl groups is 1. The van der Waals surface area contributed by atoms with E-state index in [9.17, 15) is 9.90 Å². The molecule has 3 aromatic rings. The van der Waals surface area contributed by atoms with Gasteiger partial charge in [-0.05, 0) is 35.9 Å². The molecule has 29 heavy (non-hydrogen) atoms. The zero-order chi connectivity index (χ0) is 20.6. The van der Waals surface area contributed by atoms with Gasteiger partial charge in [0.25, 0.3) is 5.95 Å². The summed E-state index contributed by atoms with van der Waals surface area (Å²) >= 11 is 1.13. The first-order valence-electron chi connectivity index (χ1n) is 8.35. The molecule has 0 aliphatic carbocycles. The van der Waals surface area contributed by atoms with Crippen LogP contribution in [0.1, 0.15) is 11.3 Å². The lowest BCUT2D eigenvalue weighted by atomic mass is 10.2. The molecule has 0 spiro atoms. The van der Waals surface area contributed by atoms with Gasteiger partial charge in [-0.3, -0.25) is 4.79 Å². The van der Waals surface area contributed by atoms with Crippen LogP contribution in [0.4, 0.5) is 5.95 Å². The maximum absolute atomic E-state index is 11.9. The number of phenolic OH excluding ortho intramolecular Hbond substituents is 1. The number of nitrogens with one attached hydrogen (secondary N) is 2. The number of carbonyl (C=O) groups excluding carboxylic acids is 1. The van der Waals surface area contributed by atoms with E-state index in [-0.39, 0.29) is 23.4 Å². The standard InChI is InChI=1S/C17H19N7O4S/c1-27-14-5-4-11(7-13(14)25)8-20-21-16-22-23-17(24(16)18)29-10-15(26)19-9-12-3-2-6-28-12/h2-8,25H,9-10,18H2,1H3,(H,19,26)(H,21,22)/b20-8+. The van der Waals surface area contributed by atoms with Gasteiger partial charge >= 0.3 is 0 Å². The molecule has 0 saturated heterocycles. The number of nitrogens with two attached hydrogens (primary N) is 1. The molecule has 11 nitrogen and oxygen atoms in total. The van der Waals surface area contributed by atoms with Crippen LogP contribution >= 0.6 is 11.8 Å². The molecular weight excluding hydrogens is 398 g/mol. The monoisotopic (exact) mass is 417 g/mol. The molecule has 2 heterocycles. The van der Waals surface area contributed by atoms with E-state index >= 15 is 0 Å². The Labute approximate surface area is 169 Å². The average Bonchev–Trinajstić information content (AvgIpc) is 3.35. The summed E-state index contributed by atoms with van der Waals surface area (Å²) in [4.78, 5) is 11.9. The quantitative estimate of drug-likeness (QED) is 0.174. The van der Waals surface area contributed by atoms with Crippen molar-refractivity contribution in [1.82, 2.24) is 20.2 Å². The number of phenols is 1.